The highest BCUT2D eigenvalue weighted by Gasteiger charge is 2.11. The zero-order valence-corrected chi connectivity index (χ0v) is 14.4. The van der Waals surface area contributed by atoms with Crippen LogP contribution in [0, 0.1) is 0 Å². The van der Waals surface area contributed by atoms with E-state index in [1.54, 1.807) is 24.3 Å². The second-order valence-electron chi connectivity index (χ2n) is 4.76. The van der Waals surface area contributed by atoms with Gasteiger partial charge in [-0.05, 0) is 36.4 Å². The van der Waals surface area contributed by atoms with E-state index in [0.717, 1.165) is 10.2 Å². The van der Waals surface area contributed by atoms with Crippen molar-refractivity contribution in [3.63, 3.8) is 0 Å². The lowest BCUT2D eigenvalue weighted by Gasteiger charge is -2.06. The second-order valence-corrected chi connectivity index (χ2v) is 6.63. The summed E-state index contributed by atoms with van der Waals surface area (Å²) in [6.07, 6.45) is 0. The highest BCUT2D eigenvalue weighted by atomic mass is 35.5. The van der Waals surface area contributed by atoms with Crippen LogP contribution >= 0.6 is 34.5 Å². The summed E-state index contributed by atoms with van der Waals surface area (Å²) in [6, 6.07) is 10.5. The molecule has 3 rings (SSSR count). The molecule has 2 aromatic carbocycles. The van der Waals surface area contributed by atoms with Crippen LogP contribution < -0.4 is 10.1 Å². The number of halogens is 2. The number of Topliss-reactive ketones (excluding diaryl/α,β-unsaturated/α-hetero) is 1. The first-order valence-electron chi connectivity index (χ1n) is 6.73. The van der Waals surface area contributed by atoms with Crippen molar-refractivity contribution in [2.45, 2.75) is 0 Å². The predicted molar refractivity (Wildman–Crippen MR) is 95.5 cm³/mol. The Balaban J connectivity index is 1.71. The number of ketones is 1. The number of anilines is 1. The Morgan fingerprint density at radius 1 is 1.26 bits per heavy atom. The lowest BCUT2D eigenvalue weighted by Crippen LogP contribution is -2.13. The van der Waals surface area contributed by atoms with E-state index in [4.69, 9.17) is 27.9 Å². The Kier molecular flexibility index (Phi) is 4.71. The molecule has 1 aromatic heterocycles. The van der Waals surface area contributed by atoms with Crippen molar-refractivity contribution in [2.24, 2.45) is 0 Å². The molecule has 0 amide bonds. The Bertz CT molecular complexity index is 880. The molecule has 0 radical (unpaired) electrons. The van der Waals surface area contributed by atoms with Crippen molar-refractivity contribution in [3.05, 3.63) is 52.0 Å². The van der Waals surface area contributed by atoms with E-state index >= 15 is 0 Å². The van der Waals surface area contributed by atoms with Gasteiger partial charge in [0.15, 0.2) is 10.9 Å². The monoisotopic (exact) mass is 366 g/mol. The molecule has 1 heterocycles. The van der Waals surface area contributed by atoms with Gasteiger partial charge in [0.05, 0.1) is 28.9 Å². The minimum atomic E-state index is -0.0770. The number of benzene rings is 2. The summed E-state index contributed by atoms with van der Waals surface area (Å²) in [7, 11) is 1.53. The molecule has 0 spiro atoms. The molecule has 1 N–H and O–H groups in total. The first kappa shape index (κ1) is 16.1. The van der Waals surface area contributed by atoms with Gasteiger partial charge in [-0.25, -0.2) is 4.98 Å². The van der Waals surface area contributed by atoms with Gasteiger partial charge in [0, 0.05) is 10.6 Å². The normalized spacial score (nSPS) is 10.7. The Hall–Kier alpha value is -1.82. The largest absolute Gasteiger partial charge is 0.495 e. The Morgan fingerprint density at radius 2 is 2.09 bits per heavy atom. The number of hydrogen-bond acceptors (Lipinski definition) is 5. The van der Waals surface area contributed by atoms with E-state index in [1.807, 2.05) is 12.1 Å². The van der Waals surface area contributed by atoms with E-state index in [1.165, 1.54) is 18.4 Å². The first-order chi connectivity index (χ1) is 11.1. The van der Waals surface area contributed by atoms with Crippen LogP contribution in [0.1, 0.15) is 10.4 Å². The van der Waals surface area contributed by atoms with Gasteiger partial charge in [-0.2, -0.15) is 0 Å². The van der Waals surface area contributed by atoms with Crippen LogP contribution in [-0.2, 0) is 0 Å². The van der Waals surface area contributed by atoms with E-state index in [-0.39, 0.29) is 12.3 Å². The fourth-order valence-electron chi connectivity index (χ4n) is 2.07. The molecule has 0 unspecified atom stereocenters. The van der Waals surface area contributed by atoms with Crippen LogP contribution in [0.4, 0.5) is 5.13 Å². The maximum Gasteiger partial charge on any atom is 0.184 e. The summed E-state index contributed by atoms with van der Waals surface area (Å²) in [5.74, 6) is 0.464. The number of rotatable bonds is 5. The van der Waals surface area contributed by atoms with E-state index in [0.29, 0.717) is 26.5 Å². The molecule has 0 saturated heterocycles. The van der Waals surface area contributed by atoms with Gasteiger partial charge in [0.1, 0.15) is 5.75 Å². The number of aromatic nitrogens is 1. The SMILES string of the molecule is COc1ccc(C(=O)CNc2nc3ccc(Cl)cc3s2)cc1Cl. The molecule has 0 bridgehead atoms. The van der Waals surface area contributed by atoms with Crippen molar-refractivity contribution < 1.29 is 9.53 Å². The fourth-order valence-corrected chi connectivity index (χ4v) is 3.47. The van der Waals surface area contributed by atoms with Crippen LogP contribution in [0.25, 0.3) is 10.2 Å². The summed E-state index contributed by atoms with van der Waals surface area (Å²) in [5.41, 5.74) is 1.37. The van der Waals surface area contributed by atoms with Crippen molar-refractivity contribution in [2.75, 3.05) is 19.0 Å². The van der Waals surface area contributed by atoms with Crippen LogP contribution in [0.15, 0.2) is 36.4 Å². The molecular formula is C16H12Cl2N2O2S. The lowest BCUT2D eigenvalue weighted by atomic mass is 10.1. The van der Waals surface area contributed by atoms with E-state index < -0.39 is 0 Å². The smallest absolute Gasteiger partial charge is 0.184 e. The van der Waals surface area contributed by atoms with Crippen molar-refractivity contribution in [3.8, 4) is 5.75 Å². The van der Waals surface area contributed by atoms with Crippen LogP contribution in [0.2, 0.25) is 10.0 Å². The summed E-state index contributed by atoms with van der Waals surface area (Å²) in [4.78, 5) is 16.6. The van der Waals surface area contributed by atoms with Gasteiger partial charge in [0.25, 0.3) is 0 Å². The highest BCUT2D eigenvalue weighted by Crippen LogP contribution is 2.28. The van der Waals surface area contributed by atoms with Crippen LogP contribution in [0.5, 0.6) is 5.75 Å². The highest BCUT2D eigenvalue weighted by molar-refractivity contribution is 7.22. The minimum Gasteiger partial charge on any atom is -0.495 e. The van der Waals surface area contributed by atoms with Gasteiger partial charge in [-0.15, -0.1) is 0 Å². The molecule has 0 aliphatic carbocycles. The number of fused-ring (bicyclic) bond motifs is 1. The molecule has 7 heteroatoms. The Morgan fingerprint density at radius 3 is 2.83 bits per heavy atom. The summed E-state index contributed by atoms with van der Waals surface area (Å²) in [5, 5.41) is 4.79. The third kappa shape index (κ3) is 3.58. The number of methoxy groups -OCH3 is 1. The number of nitrogens with one attached hydrogen (secondary N) is 1. The third-order valence-electron chi connectivity index (χ3n) is 3.22. The first-order valence-corrected chi connectivity index (χ1v) is 8.31. The minimum absolute atomic E-state index is 0.0770. The number of hydrogen-bond donors (Lipinski definition) is 1. The molecule has 3 aromatic rings. The Labute approximate surface area is 147 Å². The average Bonchev–Trinajstić information content (AvgIpc) is 2.94. The predicted octanol–water partition coefficient (Wildman–Crippen LogP) is 4.91. The van der Waals surface area contributed by atoms with Gasteiger partial charge in [-0.3, -0.25) is 4.79 Å². The van der Waals surface area contributed by atoms with Gasteiger partial charge < -0.3 is 10.1 Å². The molecule has 0 fully saturated rings. The molecule has 4 nitrogen and oxygen atoms in total. The molecule has 0 saturated carbocycles. The fraction of sp³-hybridized carbons (Fsp3) is 0.125. The van der Waals surface area contributed by atoms with Gasteiger partial charge in [0.2, 0.25) is 0 Å². The number of carbonyl (C=O) groups is 1. The number of nitrogens with zero attached hydrogens (tertiary/aromatic N) is 1. The molecular weight excluding hydrogens is 355 g/mol. The molecule has 0 aliphatic rings. The summed E-state index contributed by atoms with van der Waals surface area (Å²) in [6.45, 7) is 0.135. The quantitative estimate of drug-likeness (QED) is 0.652. The topological polar surface area (TPSA) is 51.2 Å². The molecule has 0 atom stereocenters. The lowest BCUT2D eigenvalue weighted by molar-refractivity contribution is 0.101. The molecule has 118 valence electrons. The summed E-state index contributed by atoms with van der Waals surface area (Å²) >= 11 is 13.4. The van der Waals surface area contributed by atoms with Crippen molar-refractivity contribution in [1.82, 2.24) is 4.98 Å². The zero-order chi connectivity index (χ0) is 16.4. The zero-order valence-electron chi connectivity index (χ0n) is 12.1. The van der Waals surface area contributed by atoms with Crippen molar-refractivity contribution in [1.29, 1.82) is 0 Å². The average molecular weight is 367 g/mol. The van der Waals surface area contributed by atoms with Crippen molar-refractivity contribution >= 4 is 55.7 Å². The molecule has 0 aliphatic heterocycles. The maximum atomic E-state index is 12.2. The van der Waals surface area contributed by atoms with Gasteiger partial charge >= 0.3 is 0 Å². The third-order valence-corrected chi connectivity index (χ3v) is 4.73. The number of carbonyl (C=O) groups excluding carboxylic acids is 1. The molecule has 23 heavy (non-hydrogen) atoms. The summed E-state index contributed by atoms with van der Waals surface area (Å²) < 4.78 is 6.05. The number of thiazole rings is 1. The van der Waals surface area contributed by atoms with Gasteiger partial charge in [-0.1, -0.05) is 34.5 Å². The van der Waals surface area contributed by atoms with Crippen LogP contribution in [-0.4, -0.2) is 24.4 Å². The second kappa shape index (κ2) is 6.74. The standard InChI is InChI=1S/C16H12Cl2N2O2S/c1-22-14-5-2-9(6-11(14)18)13(21)8-19-16-20-12-4-3-10(17)7-15(12)23-16/h2-7H,8H2,1H3,(H,19,20). The van der Waals surface area contributed by atoms with Crippen LogP contribution in [0.3, 0.4) is 0 Å². The van der Waals surface area contributed by atoms with E-state index in [2.05, 4.69) is 10.3 Å². The maximum absolute atomic E-state index is 12.2. The number of ether oxygens (including phenoxy) is 1. The van der Waals surface area contributed by atoms with E-state index in [9.17, 15) is 4.79 Å².